The Bertz CT molecular complexity index is 453. The second-order valence-electron chi connectivity index (χ2n) is 5.84. The summed E-state index contributed by atoms with van der Waals surface area (Å²) in [5, 5.41) is 26.9. The summed E-state index contributed by atoms with van der Waals surface area (Å²) >= 11 is 0. The molecule has 0 aromatic rings. The van der Waals surface area contributed by atoms with E-state index in [0.29, 0.717) is 51.9 Å². The molecule has 0 aromatic carbocycles. The zero-order valence-electron chi connectivity index (χ0n) is 14.8. The first-order chi connectivity index (χ1) is 12.3. The van der Waals surface area contributed by atoms with Crippen LogP contribution < -0.4 is 5.73 Å². The van der Waals surface area contributed by atoms with E-state index in [4.69, 9.17) is 20.7 Å². The molecule has 0 rings (SSSR count). The van der Waals surface area contributed by atoms with E-state index >= 15 is 0 Å². The fourth-order valence-corrected chi connectivity index (χ4v) is 2.42. The molecule has 150 valence electrons. The zero-order chi connectivity index (χ0) is 19.9. The molecule has 0 aromatic heterocycles. The number of hydrogen-bond acceptors (Lipinski definition) is 7. The van der Waals surface area contributed by atoms with Crippen LogP contribution in [0.3, 0.4) is 0 Å². The van der Waals surface area contributed by atoms with E-state index in [1.807, 2.05) is 0 Å². The molecule has 26 heavy (non-hydrogen) atoms. The Labute approximate surface area is 151 Å². The Hall–Kier alpha value is -2.04. The van der Waals surface area contributed by atoms with Crippen molar-refractivity contribution >= 4 is 23.7 Å². The van der Waals surface area contributed by atoms with Crippen LogP contribution in [-0.4, -0.2) is 82.8 Å². The first kappa shape index (κ1) is 24.0. The highest BCUT2D eigenvalue weighted by Crippen LogP contribution is 2.12. The van der Waals surface area contributed by atoms with Crippen LogP contribution in [0.2, 0.25) is 0 Å². The number of hydrogen-bond donors (Lipinski definition) is 4. The minimum Gasteiger partial charge on any atom is -0.480 e. The second-order valence-corrected chi connectivity index (χ2v) is 5.84. The molecule has 0 aliphatic heterocycles. The van der Waals surface area contributed by atoms with E-state index in [0.717, 1.165) is 4.90 Å². The monoisotopic (exact) mass is 376 g/mol. The highest BCUT2D eigenvalue weighted by atomic mass is 16.5. The van der Waals surface area contributed by atoms with Gasteiger partial charge in [-0.3, -0.25) is 24.1 Å². The summed E-state index contributed by atoms with van der Waals surface area (Å²) in [6.07, 6.45) is 2.40. The van der Waals surface area contributed by atoms with Gasteiger partial charge < -0.3 is 25.8 Å². The molecule has 0 spiro atoms. The SMILES string of the molecule is NCCOCCC(=O)CCCCCC(C(=O)O)N(CC(=O)O)CC(=O)O. The number of carboxylic acids is 3. The molecule has 5 N–H and O–H groups in total. The van der Waals surface area contributed by atoms with Crippen molar-refractivity contribution in [1.29, 1.82) is 0 Å². The first-order valence-corrected chi connectivity index (χ1v) is 8.47. The lowest BCUT2D eigenvalue weighted by molar-refractivity contribution is -0.149. The van der Waals surface area contributed by atoms with Gasteiger partial charge in [-0.2, -0.15) is 0 Å². The highest BCUT2D eigenvalue weighted by Gasteiger charge is 2.28. The van der Waals surface area contributed by atoms with Crippen LogP contribution in [0.4, 0.5) is 0 Å². The molecule has 0 bridgehead atoms. The van der Waals surface area contributed by atoms with Crippen LogP contribution >= 0.6 is 0 Å². The molecule has 0 radical (unpaired) electrons. The minimum absolute atomic E-state index is 0.0511. The number of Topliss-reactive ketones (excluding diaryl/α,β-unsaturated/α-hetero) is 1. The predicted octanol–water partition coefficient (Wildman–Crippen LogP) is -0.204. The smallest absolute Gasteiger partial charge is 0.320 e. The van der Waals surface area contributed by atoms with E-state index in [1.165, 1.54) is 0 Å². The van der Waals surface area contributed by atoms with Crippen molar-refractivity contribution in [2.45, 2.75) is 44.6 Å². The third kappa shape index (κ3) is 12.3. The van der Waals surface area contributed by atoms with Crippen LogP contribution in [0.25, 0.3) is 0 Å². The van der Waals surface area contributed by atoms with Crippen LogP contribution in [0.1, 0.15) is 38.5 Å². The van der Waals surface area contributed by atoms with Gasteiger partial charge in [0, 0.05) is 19.4 Å². The number of unbranched alkanes of at least 4 members (excludes halogenated alkanes) is 2. The summed E-state index contributed by atoms with van der Waals surface area (Å²) in [5.74, 6) is -3.80. The zero-order valence-corrected chi connectivity index (χ0v) is 14.8. The molecule has 0 aliphatic rings. The van der Waals surface area contributed by atoms with Crippen molar-refractivity contribution < 1.29 is 39.2 Å². The standard InChI is InChI=1S/C16H28N2O8/c17-7-9-26-8-6-12(19)4-2-1-3-5-13(16(24)25)18(10-14(20)21)11-15(22)23/h13H,1-11,17H2,(H,20,21)(H,22,23)(H,24,25). The van der Waals surface area contributed by atoms with Gasteiger partial charge in [0.15, 0.2) is 0 Å². The number of carbonyl (C=O) groups excluding carboxylic acids is 1. The Morgan fingerprint density at radius 2 is 1.50 bits per heavy atom. The lowest BCUT2D eigenvalue weighted by Crippen LogP contribution is -2.46. The summed E-state index contributed by atoms with van der Waals surface area (Å²) < 4.78 is 5.12. The molecule has 0 amide bonds. The topological polar surface area (TPSA) is 167 Å². The van der Waals surface area contributed by atoms with Gasteiger partial charge in [-0.15, -0.1) is 0 Å². The van der Waals surface area contributed by atoms with Crippen LogP contribution in [0.15, 0.2) is 0 Å². The van der Waals surface area contributed by atoms with Crippen molar-refractivity contribution in [1.82, 2.24) is 4.90 Å². The molecule has 1 atom stereocenters. The predicted molar refractivity (Wildman–Crippen MR) is 90.9 cm³/mol. The molecular formula is C16H28N2O8. The quantitative estimate of drug-likeness (QED) is 0.249. The van der Waals surface area contributed by atoms with E-state index in [9.17, 15) is 24.3 Å². The van der Waals surface area contributed by atoms with Gasteiger partial charge in [0.2, 0.25) is 0 Å². The van der Waals surface area contributed by atoms with Gasteiger partial charge in [0.1, 0.15) is 11.8 Å². The van der Waals surface area contributed by atoms with E-state index in [-0.39, 0.29) is 12.2 Å². The first-order valence-electron chi connectivity index (χ1n) is 8.47. The maximum Gasteiger partial charge on any atom is 0.320 e. The Balaban J connectivity index is 4.23. The van der Waals surface area contributed by atoms with Crippen molar-refractivity contribution in [2.75, 3.05) is 32.8 Å². The molecule has 0 saturated heterocycles. The maximum absolute atomic E-state index is 11.6. The Morgan fingerprint density at radius 1 is 0.885 bits per heavy atom. The summed E-state index contributed by atoms with van der Waals surface area (Å²) in [4.78, 5) is 45.5. The number of carboxylic acid groups (broad SMARTS) is 3. The number of carbonyl (C=O) groups is 4. The van der Waals surface area contributed by atoms with Crippen LogP contribution in [-0.2, 0) is 23.9 Å². The van der Waals surface area contributed by atoms with Crippen molar-refractivity contribution in [3.63, 3.8) is 0 Å². The summed E-state index contributed by atoms with van der Waals surface area (Å²) in [6.45, 7) is -0.182. The van der Waals surface area contributed by atoms with Crippen LogP contribution in [0.5, 0.6) is 0 Å². The molecule has 0 aliphatic carbocycles. The summed E-state index contributed by atoms with van der Waals surface area (Å²) in [6, 6.07) is -1.19. The number of rotatable bonds is 17. The average Bonchev–Trinajstić information content (AvgIpc) is 2.53. The van der Waals surface area contributed by atoms with Crippen molar-refractivity contribution in [2.24, 2.45) is 5.73 Å². The third-order valence-corrected chi connectivity index (χ3v) is 3.62. The highest BCUT2D eigenvalue weighted by molar-refractivity contribution is 5.78. The van der Waals surface area contributed by atoms with Gasteiger partial charge in [-0.05, 0) is 12.8 Å². The van der Waals surface area contributed by atoms with E-state index < -0.39 is 37.0 Å². The fraction of sp³-hybridized carbons (Fsp3) is 0.750. The number of aliphatic carboxylic acids is 3. The second kappa shape index (κ2) is 14.2. The molecule has 10 nitrogen and oxygen atoms in total. The summed E-state index contributed by atoms with van der Waals surface area (Å²) in [7, 11) is 0. The van der Waals surface area contributed by atoms with Gasteiger partial charge in [0.25, 0.3) is 0 Å². The van der Waals surface area contributed by atoms with E-state index in [1.54, 1.807) is 0 Å². The number of ketones is 1. The number of ether oxygens (including phenoxy) is 1. The van der Waals surface area contributed by atoms with Gasteiger partial charge in [0.05, 0.1) is 26.3 Å². The van der Waals surface area contributed by atoms with Gasteiger partial charge in [-0.25, -0.2) is 0 Å². The summed E-state index contributed by atoms with van der Waals surface area (Å²) in [5.41, 5.74) is 5.26. The largest absolute Gasteiger partial charge is 0.480 e. The normalized spacial score (nSPS) is 12.1. The van der Waals surface area contributed by atoms with Gasteiger partial charge >= 0.3 is 17.9 Å². The van der Waals surface area contributed by atoms with Crippen molar-refractivity contribution in [3.8, 4) is 0 Å². The molecule has 0 saturated carbocycles. The third-order valence-electron chi connectivity index (χ3n) is 3.62. The number of nitrogens with two attached hydrogens (primary N) is 1. The Kier molecular flexibility index (Phi) is 13.1. The van der Waals surface area contributed by atoms with Crippen molar-refractivity contribution in [3.05, 3.63) is 0 Å². The minimum atomic E-state index is -1.29. The fourth-order valence-electron chi connectivity index (χ4n) is 2.42. The molecular weight excluding hydrogens is 348 g/mol. The molecule has 0 fully saturated rings. The Morgan fingerprint density at radius 3 is 2.00 bits per heavy atom. The average molecular weight is 376 g/mol. The van der Waals surface area contributed by atoms with Crippen LogP contribution in [0, 0.1) is 0 Å². The van der Waals surface area contributed by atoms with Gasteiger partial charge in [-0.1, -0.05) is 12.8 Å². The lowest BCUT2D eigenvalue weighted by Gasteiger charge is -2.25. The lowest BCUT2D eigenvalue weighted by atomic mass is 10.0. The number of nitrogens with zero attached hydrogens (tertiary/aromatic N) is 1. The molecule has 10 heteroatoms. The van der Waals surface area contributed by atoms with E-state index in [2.05, 4.69) is 0 Å². The molecule has 0 heterocycles. The maximum atomic E-state index is 11.6. The molecule has 1 unspecified atom stereocenters.